The topological polar surface area (TPSA) is 108 Å². The van der Waals surface area contributed by atoms with Crippen LogP contribution in [0.4, 0.5) is 0 Å². The predicted octanol–water partition coefficient (Wildman–Crippen LogP) is 13.7. The first-order valence-electron chi connectivity index (χ1n) is 25.2. The molecule has 0 aliphatic heterocycles. The number of carbonyl (C=O) groups excluding carboxylic acids is 2. The summed E-state index contributed by atoms with van der Waals surface area (Å²) in [5.41, 5.74) is 0. The molecule has 0 saturated heterocycles. The second kappa shape index (κ2) is 43.0. The predicted molar refractivity (Wildman–Crippen MR) is 245 cm³/mol. The zero-order valence-corrected chi connectivity index (χ0v) is 39.7. The van der Waals surface area contributed by atoms with Gasteiger partial charge in [-0.05, 0) is 12.8 Å². The van der Waals surface area contributed by atoms with Gasteiger partial charge in [-0.1, -0.05) is 219 Å². The van der Waals surface area contributed by atoms with Gasteiger partial charge in [0.2, 0.25) is 0 Å². The minimum absolute atomic E-state index is 0.176. The average Bonchev–Trinajstić information content (AvgIpc) is 3.19. The van der Waals surface area contributed by atoms with Gasteiger partial charge in [-0.2, -0.15) is 0 Å². The van der Waals surface area contributed by atoms with Crippen molar-refractivity contribution in [2.45, 2.75) is 257 Å². The Balaban J connectivity index is 3.92. The molecule has 0 aliphatic rings. The third-order valence-electron chi connectivity index (χ3n) is 11.4. The van der Waals surface area contributed by atoms with Crippen molar-refractivity contribution in [1.82, 2.24) is 0 Å². The number of hydrogen-bond acceptors (Lipinski definition) is 7. The fraction of sp³-hybridized carbons (Fsp3) is 0.940. The fourth-order valence-corrected chi connectivity index (χ4v) is 7.43. The van der Waals surface area contributed by atoms with Crippen molar-refractivity contribution in [2.75, 3.05) is 47.5 Å². The Kier molecular flexibility index (Phi) is 41.7. The summed E-state index contributed by atoms with van der Waals surface area (Å²) in [6, 6.07) is 0. The minimum atomic E-state index is -1.50. The second-order valence-electron chi connectivity index (χ2n) is 18.5. The zero-order valence-electron chi connectivity index (χ0n) is 39.7. The Bertz CT molecular complexity index is 938. The van der Waals surface area contributed by atoms with Gasteiger partial charge in [-0.25, -0.2) is 4.79 Å². The molecule has 0 rings (SSSR count). The molecule has 0 saturated carbocycles. The number of aliphatic carboxylic acids is 1. The quantitative estimate of drug-likeness (QED) is 0.0279. The van der Waals surface area contributed by atoms with E-state index in [2.05, 4.69) is 13.8 Å². The molecule has 0 fully saturated rings. The van der Waals surface area contributed by atoms with E-state index < -0.39 is 24.3 Å². The van der Waals surface area contributed by atoms with Crippen molar-refractivity contribution in [3.8, 4) is 0 Å². The molecule has 0 spiro atoms. The smallest absolute Gasteiger partial charge is 0.361 e. The van der Waals surface area contributed by atoms with E-state index in [1.807, 2.05) is 21.1 Å². The van der Waals surface area contributed by atoms with Crippen LogP contribution in [-0.4, -0.2) is 87.4 Å². The molecule has 0 aromatic carbocycles. The van der Waals surface area contributed by atoms with E-state index in [1.54, 1.807) is 0 Å². The van der Waals surface area contributed by atoms with Crippen molar-refractivity contribution in [1.29, 1.82) is 0 Å². The summed E-state index contributed by atoms with van der Waals surface area (Å²) in [4.78, 5) is 36.8. The lowest BCUT2D eigenvalue weighted by Crippen LogP contribution is -2.40. The molecule has 0 aromatic rings. The molecule has 0 aromatic heterocycles. The highest BCUT2D eigenvalue weighted by atomic mass is 16.7. The van der Waals surface area contributed by atoms with Crippen LogP contribution in [0.3, 0.4) is 0 Å². The molecular formula is C50H98NO8+. The first-order chi connectivity index (χ1) is 28.6. The van der Waals surface area contributed by atoms with Gasteiger partial charge in [-0.15, -0.1) is 0 Å². The number of ether oxygens (including phenoxy) is 4. The summed E-state index contributed by atoms with van der Waals surface area (Å²) in [6.45, 7) is 4.81. The summed E-state index contributed by atoms with van der Waals surface area (Å²) >= 11 is 0. The normalized spacial score (nSPS) is 12.8. The number of carbonyl (C=O) groups is 3. The number of nitrogens with zero attached hydrogens (tertiary/aromatic N) is 1. The van der Waals surface area contributed by atoms with Crippen LogP contribution in [0.5, 0.6) is 0 Å². The van der Waals surface area contributed by atoms with Crippen LogP contribution in [0.1, 0.15) is 245 Å². The number of likely N-dealkylation sites (N-methyl/N-ethyl adjacent to an activating group) is 1. The van der Waals surface area contributed by atoms with Gasteiger partial charge in [0, 0.05) is 12.8 Å². The van der Waals surface area contributed by atoms with Gasteiger partial charge in [0.05, 0.1) is 34.4 Å². The molecule has 1 N–H and O–H groups in total. The number of carboxylic acid groups (broad SMARTS) is 1. The van der Waals surface area contributed by atoms with Crippen LogP contribution in [0, 0.1) is 0 Å². The summed E-state index contributed by atoms with van der Waals surface area (Å²) < 4.78 is 22.6. The van der Waals surface area contributed by atoms with Gasteiger partial charge in [0.15, 0.2) is 6.10 Å². The first-order valence-corrected chi connectivity index (χ1v) is 25.2. The Morgan fingerprint density at radius 1 is 0.441 bits per heavy atom. The number of unbranched alkanes of at least 4 members (excludes halogenated alkanes) is 32. The van der Waals surface area contributed by atoms with E-state index in [4.69, 9.17) is 18.9 Å². The van der Waals surface area contributed by atoms with Crippen LogP contribution in [0.15, 0.2) is 0 Å². The monoisotopic (exact) mass is 841 g/mol. The van der Waals surface area contributed by atoms with Crippen LogP contribution >= 0.6 is 0 Å². The molecule has 0 amide bonds. The van der Waals surface area contributed by atoms with E-state index >= 15 is 0 Å². The van der Waals surface area contributed by atoms with Gasteiger partial charge >= 0.3 is 17.9 Å². The van der Waals surface area contributed by atoms with Crippen molar-refractivity contribution < 1.29 is 42.9 Å². The Labute approximate surface area is 364 Å². The lowest BCUT2D eigenvalue weighted by molar-refractivity contribution is -0.870. The Morgan fingerprint density at radius 3 is 1.08 bits per heavy atom. The maximum Gasteiger partial charge on any atom is 0.361 e. The van der Waals surface area contributed by atoms with Crippen LogP contribution in [0.2, 0.25) is 0 Å². The van der Waals surface area contributed by atoms with Crippen LogP contribution in [-0.2, 0) is 33.3 Å². The van der Waals surface area contributed by atoms with E-state index in [0.29, 0.717) is 17.4 Å². The van der Waals surface area contributed by atoms with Crippen LogP contribution in [0.25, 0.3) is 0 Å². The maximum absolute atomic E-state index is 12.7. The van der Waals surface area contributed by atoms with Crippen LogP contribution < -0.4 is 0 Å². The van der Waals surface area contributed by atoms with E-state index in [9.17, 15) is 19.5 Å². The second-order valence-corrected chi connectivity index (χ2v) is 18.5. The number of rotatable bonds is 47. The number of carboxylic acids is 1. The lowest BCUT2D eigenvalue weighted by Gasteiger charge is -2.25. The van der Waals surface area contributed by atoms with Gasteiger partial charge in [0.25, 0.3) is 6.29 Å². The van der Waals surface area contributed by atoms with Crippen molar-refractivity contribution >= 4 is 17.9 Å². The van der Waals surface area contributed by atoms with Gasteiger partial charge in [-0.3, -0.25) is 9.59 Å². The standard InChI is InChI=1S/C50H97NO8/c1-6-8-10-12-13-14-15-16-17-18-19-20-21-22-23-24-25-26-27-28-29-30-31-32-33-34-35-37-39-41-48(53)59-46(44-57-47(52)40-38-36-11-9-7-2)45-58-50(49(54)55)56-43-42-51(3,4)5/h46,50H,6-45H2,1-5H3/p+1. The molecule has 2 unspecified atom stereocenters. The molecular weight excluding hydrogens is 743 g/mol. The van der Waals surface area contributed by atoms with Gasteiger partial charge in [0.1, 0.15) is 13.2 Å². The van der Waals surface area contributed by atoms with E-state index in [0.717, 1.165) is 51.4 Å². The number of quaternary nitrogens is 1. The van der Waals surface area contributed by atoms with Crippen molar-refractivity contribution in [3.05, 3.63) is 0 Å². The van der Waals surface area contributed by atoms with Crippen molar-refractivity contribution in [3.63, 3.8) is 0 Å². The van der Waals surface area contributed by atoms with Gasteiger partial charge < -0.3 is 28.5 Å². The first kappa shape index (κ1) is 57.3. The summed E-state index contributed by atoms with van der Waals surface area (Å²) in [5.74, 6) is -2.00. The number of hydrogen-bond donors (Lipinski definition) is 1. The zero-order chi connectivity index (χ0) is 43.5. The molecule has 59 heavy (non-hydrogen) atoms. The average molecular weight is 841 g/mol. The third-order valence-corrected chi connectivity index (χ3v) is 11.4. The third kappa shape index (κ3) is 44.2. The molecule has 350 valence electrons. The molecule has 0 aliphatic carbocycles. The molecule has 9 nitrogen and oxygen atoms in total. The number of esters is 2. The molecule has 0 bridgehead atoms. The highest BCUT2D eigenvalue weighted by molar-refractivity contribution is 5.71. The minimum Gasteiger partial charge on any atom is -0.477 e. The summed E-state index contributed by atoms with van der Waals surface area (Å²) in [6.07, 6.45) is 42.4. The Hall–Kier alpha value is -1.71. The summed E-state index contributed by atoms with van der Waals surface area (Å²) in [5, 5.41) is 9.59. The lowest BCUT2D eigenvalue weighted by atomic mass is 10.0. The molecule has 9 heteroatoms. The van der Waals surface area contributed by atoms with E-state index in [1.165, 1.54) is 167 Å². The molecule has 0 heterocycles. The maximum atomic E-state index is 12.7. The van der Waals surface area contributed by atoms with E-state index in [-0.39, 0.29) is 32.2 Å². The Morgan fingerprint density at radius 2 is 0.763 bits per heavy atom. The highest BCUT2D eigenvalue weighted by Crippen LogP contribution is 2.17. The van der Waals surface area contributed by atoms with Crippen molar-refractivity contribution in [2.24, 2.45) is 0 Å². The highest BCUT2D eigenvalue weighted by Gasteiger charge is 2.25. The largest absolute Gasteiger partial charge is 0.477 e. The summed E-state index contributed by atoms with van der Waals surface area (Å²) in [7, 11) is 5.95. The fourth-order valence-electron chi connectivity index (χ4n) is 7.43. The SMILES string of the molecule is CCCCCCCCCCCCCCCCCCCCCCCCCCCCCCCC(=O)OC(COC(=O)CCCCCCC)COC(OCC[N+](C)(C)C)C(=O)O. The molecule has 2 atom stereocenters. The molecule has 0 radical (unpaired) electrons.